The van der Waals surface area contributed by atoms with Crippen LogP contribution in [0.25, 0.3) is 55.8 Å². The summed E-state index contributed by atoms with van der Waals surface area (Å²) in [5, 5.41) is 8.66. The minimum absolute atomic E-state index is 0.770. The number of H-pyrrole nitrogens is 2. The summed E-state index contributed by atoms with van der Waals surface area (Å²) in [6.45, 7) is 2.06. The van der Waals surface area contributed by atoms with Crippen molar-refractivity contribution in [3.05, 3.63) is 79.0 Å². The lowest BCUT2D eigenvalue weighted by Crippen LogP contribution is -1.89. The first-order valence-corrected chi connectivity index (χ1v) is 9.92. The van der Waals surface area contributed by atoms with Crippen LogP contribution in [0.3, 0.4) is 0 Å². The molecule has 0 atom stereocenters. The summed E-state index contributed by atoms with van der Waals surface area (Å²) >= 11 is 0. The summed E-state index contributed by atoms with van der Waals surface area (Å²) in [4.78, 5) is 21.5. The van der Waals surface area contributed by atoms with E-state index >= 15 is 0 Å². The van der Waals surface area contributed by atoms with Crippen molar-refractivity contribution < 1.29 is 0 Å². The normalized spacial score (nSPS) is 11.4. The fourth-order valence-electron chi connectivity index (χ4n) is 3.88. The molecule has 0 unspecified atom stereocenters. The van der Waals surface area contributed by atoms with Crippen molar-refractivity contribution in [3.63, 3.8) is 0 Å². The number of pyridine rings is 4. The van der Waals surface area contributed by atoms with Crippen molar-refractivity contribution in [2.45, 2.75) is 6.92 Å². The van der Waals surface area contributed by atoms with Crippen molar-refractivity contribution in [1.82, 2.24) is 35.1 Å². The highest BCUT2D eigenvalue weighted by atomic mass is 15.1. The van der Waals surface area contributed by atoms with E-state index in [0.29, 0.717) is 0 Å². The summed E-state index contributed by atoms with van der Waals surface area (Å²) in [5.41, 5.74) is 9.19. The molecule has 0 radical (unpaired) electrons. The fraction of sp³-hybridized carbons (Fsp3) is 0.0417. The van der Waals surface area contributed by atoms with Crippen LogP contribution in [-0.4, -0.2) is 35.1 Å². The van der Waals surface area contributed by atoms with Gasteiger partial charge in [-0.2, -0.15) is 5.10 Å². The number of aromatic amines is 2. The number of nitrogens with zero attached hydrogens (tertiary/aromatic N) is 5. The molecule has 0 aliphatic heterocycles. The van der Waals surface area contributed by atoms with Crippen LogP contribution in [0.2, 0.25) is 0 Å². The number of hydrogen-bond donors (Lipinski definition) is 2. The van der Waals surface area contributed by atoms with Gasteiger partial charge in [0.1, 0.15) is 11.2 Å². The second kappa shape index (κ2) is 6.84. The third-order valence-corrected chi connectivity index (χ3v) is 5.46. The van der Waals surface area contributed by atoms with Crippen molar-refractivity contribution in [2.24, 2.45) is 0 Å². The van der Waals surface area contributed by atoms with E-state index in [4.69, 9.17) is 4.98 Å². The number of aromatic nitrogens is 7. The van der Waals surface area contributed by atoms with E-state index in [2.05, 4.69) is 43.1 Å². The minimum atomic E-state index is 0.770. The van der Waals surface area contributed by atoms with Crippen LogP contribution in [0.5, 0.6) is 0 Å². The van der Waals surface area contributed by atoms with Gasteiger partial charge < -0.3 is 4.98 Å². The zero-order chi connectivity index (χ0) is 20.8. The molecule has 6 heterocycles. The fourth-order valence-corrected chi connectivity index (χ4v) is 3.88. The Morgan fingerprint density at radius 1 is 0.839 bits per heavy atom. The second-order valence-corrected chi connectivity index (χ2v) is 7.40. The molecule has 6 aromatic heterocycles. The first kappa shape index (κ1) is 17.5. The van der Waals surface area contributed by atoms with Gasteiger partial charge >= 0.3 is 0 Å². The van der Waals surface area contributed by atoms with Crippen LogP contribution in [0.1, 0.15) is 5.56 Å². The summed E-state index contributed by atoms with van der Waals surface area (Å²) < 4.78 is 0. The Hall–Kier alpha value is -4.39. The lowest BCUT2D eigenvalue weighted by Gasteiger charge is -2.04. The molecule has 0 amide bonds. The average Bonchev–Trinajstić information content (AvgIpc) is 3.43. The van der Waals surface area contributed by atoms with E-state index in [1.165, 1.54) is 0 Å². The molecule has 0 saturated heterocycles. The maximum Gasteiger partial charge on any atom is 0.135 e. The van der Waals surface area contributed by atoms with Crippen LogP contribution >= 0.6 is 0 Å². The molecule has 6 aromatic rings. The van der Waals surface area contributed by atoms with E-state index in [9.17, 15) is 0 Å². The van der Waals surface area contributed by atoms with E-state index in [1.807, 2.05) is 48.8 Å². The van der Waals surface area contributed by atoms with Gasteiger partial charge in [0, 0.05) is 53.0 Å². The Labute approximate surface area is 177 Å². The third-order valence-electron chi connectivity index (χ3n) is 5.46. The summed E-state index contributed by atoms with van der Waals surface area (Å²) in [7, 11) is 0. The molecular formula is C24H17N7. The average molecular weight is 403 g/mol. The van der Waals surface area contributed by atoms with Crippen molar-refractivity contribution in [3.8, 4) is 33.9 Å². The van der Waals surface area contributed by atoms with Gasteiger partial charge in [-0.05, 0) is 55.0 Å². The van der Waals surface area contributed by atoms with Gasteiger partial charge in [0.25, 0.3) is 0 Å². The molecule has 0 bridgehead atoms. The lowest BCUT2D eigenvalue weighted by molar-refractivity contribution is 1.12. The second-order valence-electron chi connectivity index (χ2n) is 7.40. The predicted molar refractivity (Wildman–Crippen MR) is 120 cm³/mol. The van der Waals surface area contributed by atoms with Crippen LogP contribution in [0.4, 0.5) is 0 Å². The molecule has 7 heteroatoms. The smallest absolute Gasteiger partial charge is 0.135 e. The number of aryl methyl sites for hydroxylation is 1. The van der Waals surface area contributed by atoms with Crippen LogP contribution in [0, 0.1) is 6.92 Å². The molecule has 2 N–H and O–H groups in total. The molecular weight excluding hydrogens is 386 g/mol. The molecule has 7 nitrogen and oxygen atoms in total. The predicted octanol–water partition coefficient (Wildman–Crippen LogP) is 4.93. The van der Waals surface area contributed by atoms with Crippen LogP contribution in [-0.2, 0) is 0 Å². The highest BCUT2D eigenvalue weighted by Crippen LogP contribution is 2.33. The SMILES string of the molecule is Cc1ccncc1-c1ccc2[nH]nc(-c3cc4c(-c5cccnc5)nccc4[nH]3)c2n1. The molecule has 0 aromatic carbocycles. The lowest BCUT2D eigenvalue weighted by atomic mass is 10.1. The van der Waals surface area contributed by atoms with Crippen LogP contribution < -0.4 is 0 Å². The van der Waals surface area contributed by atoms with E-state index < -0.39 is 0 Å². The molecule has 0 aliphatic carbocycles. The highest BCUT2D eigenvalue weighted by molar-refractivity contribution is 5.99. The maximum atomic E-state index is 4.91. The Morgan fingerprint density at radius 3 is 2.65 bits per heavy atom. The van der Waals surface area contributed by atoms with Gasteiger partial charge in [-0.1, -0.05) is 0 Å². The Kier molecular flexibility index (Phi) is 3.86. The zero-order valence-electron chi connectivity index (χ0n) is 16.7. The van der Waals surface area contributed by atoms with Gasteiger partial charge in [0.05, 0.1) is 22.6 Å². The Bertz CT molecular complexity index is 1550. The van der Waals surface area contributed by atoms with E-state index in [-0.39, 0.29) is 0 Å². The first-order chi connectivity index (χ1) is 15.3. The summed E-state index contributed by atoms with van der Waals surface area (Å²) in [5.74, 6) is 0. The maximum absolute atomic E-state index is 4.91. The number of hydrogen-bond acceptors (Lipinski definition) is 5. The molecule has 0 fully saturated rings. The summed E-state index contributed by atoms with van der Waals surface area (Å²) in [6, 6.07) is 13.9. The highest BCUT2D eigenvalue weighted by Gasteiger charge is 2.16. The van der Waals surface area contributed by atoms with Crippen LogP contribution in [0.15, 0.2) is 73.4 Å². The quantitative estimate of drug-likeness (QED) is 0.437. The first-order valence-electron chi connectivity index (χ1n) is 9.92. The Morgan fingerprint density at radius 2 is 1.77 bits per heavy atom. The topological polar surface area (TPSA) is 96.0 Å². The summed E-state index contributed by atoms with van der Waals surface area (Å²) in [6.07, 6.45) is 9.02. The monoisotopic (exact) mass is 403 g/mol. The standard InChI is InChI=1S/C24H17N7/c1-14-6-9-26-13-17(14)18-4-5-20-23(29-18)24(31-30-20)21-11-16-19(28-21)7-10-27-22(16)15-3-2-8-25-12-15/h2-13,28H,1H3,(H,30,31). The van der Waals surface area contributed by atoms with Gasteiger partial charge in [0.15, 0.2) is 0 Å². The van der Waals surface area contributed by atoms with E-state index in [0.717, 1.165) is 61.4 Å². The molecule has 0 aliphatic rings. The van der Waals surface area contributed by atoms with Gasteiger partial charge in [-0.15, -0.1) is 0 Å². The molecule has 0 saturated carbocycles. The number of fused-ring (bicyclic) bond motifs is 2. The Balaban J connectivity index is 1.52. The van der Waals surface area contributed by atoms with Crippen molar-refractivity contribution in [2.75, 3.05) is 0 Å². The van der Waals surface area contributed by atoms with E-state index in [1.54, 1.807) is 18.6 Å². The number of nitrogens with one attached hydrogen (secondary N) is 2. The minimum Gasteiger partial charge on any atom is -0.353 e. The van der Waals surface area contributed by atoms with Gasteiger partial charge in [0.2, 0.25) is 0 Å². The third kappa shape index (κ3) is 2.86. The van der Waals surface area contributed by atoms with Crippen molar-refractivity contribution >= 4 is 21.9 Å². The van der Waals surface area contributed by atoms with Gasteiger partial charge in [-0.3, -0.25) is 20.1 Å². The largest absolute Gasteiger partial charge is 0.353 e. The molecule has 6 rings (SSSR count). The van der Waals surface area contributed by atoms with Gasteiger partial charge in [-0.25, -0.2) is 4.98 Å². The molecule has 0 spiro atoms. The number of rotatable bonds is 3. The molecule has 31 heavy (non-hydrogen) atoms. The molecule has 148 valence electrons. The van der Waals surface area contributed by atoms with Crippen molar-refractivity contribution in [1.29, 1.82) is 0 Å². The zero-order valence-corrected chi connectivity index (χ0v) is 16.7.